The van der Waals surface area contributed by atoms with Crippen LogP contribution in [0, 0.1) is 11.8 Å². The van der Waals surface area contributed by atoms with Crippen molar-refractivity contribution >= 4 is 11.9 Å². The SMILES string of the molecule is O=C1OCC(Cc2ccccc2)N(Cc2ccc(OCCO)cc2)C(=O)C(Cc2ccccc2)CC=CCC1Cc1ccccc1. The van der Waals surface area contributed by atoms with Crippen molar-refractivity contribution in [2.75, 3.05) is 19.8 Å². The molecule has 0 aromatic heterocycles. The highest BCUT2D eigenvalue weighted by Crippen LogP contribution is 2.25. The van der Waals surface area contributed by atoms with Crippen LogP contribution in [0.25, 0.3) is 0 Å². The molecule has 0 spiro atoms. The first kappa shape index (κ1) is 32.7. The maximum Gasteiger partial charge on any atom is 0.309 e. The van der Waals surface area contributed by atoms with Crippen molar-refractivity contribution in [3.63, 3.8) is 0 Å². The minimum atomic E-state index is -0.372. The number of aliphatic hydroxyl groups excluding tert-OH is 1. The zero-order valence-electron chi connectivity index (χ0n) is 26.2. The summed E-state index contributed by atoms with van der Waals surface area (Å²) in [5.74, 6) is -0.159. The number of rotatable bonds is 11. The Hall–Kier alpha value is -4.68. The summed E-state index contributed by atoms with van der Waals surface area (Å²) in [5.41, 5.74) is 4.22. The molecule has 0 bridgehead atoms. The predicted molar refractivity (Wildman–Crippen MR) is 180 cm³/mol. The maximum absolute atomic E-state index is 14.7. The summed E-state index contributed by atoms with van der Waals surface area (Å²) in [5, 5.41) is 9.14. The van der Waals surface area contributed by atoms with Gasteiger partial charge in [-0.2, -0.15) is 0 Å². The minimum Gasteiger partial charge on any atom is -0.491 e. The second-order valence-corrected chi connectivity index (χ2v) is 11.9. The van der Waals surface area contributed by atoms with Crippen molar-refractivity contribution in [2.45, 2.75) is 44.7 Å². The van der Waals surface area contributed by atoms with Gasteiger partial charge in [0.15, 0.2) is 0 Å². The molecule has 46 heavy (non-hydrogen) atoms. The van der Waals surface area contributed by atoms with E-state index < -0.39 is 0 Å². The fraction of sp³-hybridized carbons (Fsp3) is 0.300. The van der Waals surface area contributed by atoms with E-state index in [0.29, 0.717) is 44.4 Å². The Balaban J connectivity index is 1.49. The van der Waals surface area contributed by atoms with Crippen LogP contribution in [-0.4, -0.2) is 47.7 Å². The molecule has 0 fully saturated rings. The third-order valence-electron chi connectivity index (χ3n) is 8.43. The number of benzene rings is 4. The molecule has 238 valence electrons. The number of aliphatic hydroxyl groups is 1. The largest absolute Gasteiger partial charge is 0.491 e. The molecule has 0 saturated heterocycles. The molecule has 3 unspecified atom stereocenters. The van der Waals surface area contributed by atoms with E-state index in [1.165, 1.54) is 0 Å². The molecule has 0 saturated carbocycles. The number of carbonyl (C=O) groups is 2. The molecule has 0 radical (unpaired) electrons. The number of nitrogens with zero attached hydrogens (tertiary/aromatic N) is 1. The van der Waals surface area contributed by atoms with Crippen LogP contribution in [-0.2, 0) is 40.1 Å². The molecule has 6 heteroatoms. The van der Waals surface area contributed by atoms with E-state index in [2.05, 4.69) is 30.3 Å². The third kappa shape index (κ3) is 9.66. The average Bonchev–Trinajstić information content (AvgIpc) is 3.10. The van der Waals surface area contributed by atoms with E-state index in [9.17, 15) is 9.59 Å². The minimum absolute atomic E-state index is 0.0347. The number of cyclic esters (lactones) is 1. The van der Waals surface area contributed by atoms with E-state index in [4.69, 9.17) is 14.6 Å². The second kappa shape index (κ2) is 17.1. The molecule has 6 nitrogen and oxygen atoms in total. The molecule has 3 atom stereocenters. The lowest BCUT2D eigenvalue weighted by atomic mass is 9.91. The van der Waals surface area contributed by atoms with Gasteiger partial charge in [-0.3, -0.25) is 9.59 Å². The Bertz CT molecular complexity index is 1520. The summed E-state index contributed by atoms with van der Waals surface area (Å²) in [6.45, 7) is 0.614. The Labute approximate surface area is 272 Å². The predicted octanol–water partition coefficient (Wildman–Crippen LogP) is 6.61. The molecule has 1 amide bonds. The molecular formula is C40H43NO5. The summed E-state index contributed by atoms with van der Waals surface area (Å²) < 4.78 is 11.7. The Morgan fingerprint density at radius 2 is 1.17 bits per heavy atom. The van der Waals surface area contributed by atoms with Crippen molar-refractivity contribution in [1.29, 1.82) is 0 Å². The number of carbonyl (C=O) groups excluding carboxylic acids is 2. The van der Waals surface area contributed by atoms with Gasteiger partial charge in [0.2, 0.25) is 5.91 Å². The second-order valence-electron chi connectivity index (χ2n) is 11.9. The van der Waals surface area contributed by atoms with Gasteiger partial charge in [-0.05, 0) is 66.5 Å². The van der Waals surface area contributed by atoms with Gasteiger partial charge in [-0.15, -0.1) is 0 Å². The van der Waals surface area contributed by atoms with Gasteiger partial charge < -0.3 is 19.5 Å². The Kier molecular flexibility index (Phi) is 12.2. The first-order chi connectivity index (χ1) is 22.6. The van der Waals surface area contributed by atoms with Crippen LogP contribution in [0.1, 0.15) is 35.1 Å². The van der Waals surface area contributed by atoms with Crippen molar-refractivity contribution < 1.29 is 24.2 Å². The maximum atomic E-state index is 14.7. The van der Waals surface area contributed by atoms with E-state index in [-0.39, 0.29) is 49.6 Å². The number of amides is 1. The summed E-state index contributed by atoms with van der Waals surface area (Å²) in [6.07, 6.45) is 6.98. The molecule has 1 aliphatic rings. The summed E-state index contributed by atoms with van der Waals surface area (Å²) >= 11 is 0. The van der Waals surface area contributed by atoms with Crippen molar-refractivity contribution in [3.8, 4) is 5.75 Å². The van der Waals surface area contributed by atoms with Crippen LogP contribution in [0.4, 0.5) is 0 Å². The number of hydrogen-bond acceptors (Lipinski definition) is 5. The highest BCUT2D eigenvalue weighted by molar-refractivity contribution is 5.80. The normalized spacial score (nSPS) is 19.2. The molecule has 1 heterocycles. The number of ether oxygens (including phenoxy) is 2. The van der Waals surface area contributed by atoms with Gasteiger partial charge in [0.05, 0.1) is 18.6 Å². The zero-order valence-corrected chi connectivity index (χ0v) is 26.2. The van der Waals surface area contributed by atoms with E-state index in [1.807, 2.05) is 102 Å². The molecule has 5 rings (SSSR count). The molecular weight excluding hydrogens is 574 g/mol. The van der Waals surface area contributed by atoms with Crippen LogP contribution in [0.15, 0.2) is 127 Å². The average molecular weight is 618 g/mol. The van der Waals surface area contributed by atoms with Gasteiger partial charge in [-0.25, -0.2) is 0 Å². The van der Waals surface area contributed by atoms with E-state index >= 15 is 0 Å². The topological polar surface area (TPSA) is 76.1 Å². The first-order valence-corrected chi connectivity index (χ1v) is 16.2. The van der Waals surface area contributed by atoms with Gasteiger partial charge in [-0.1, -0.05) is 115 Å². The summed E-state index contributed by atoms with van der Waals surface area (Å²) in [4.78, 5) is 30.2. The summed E-state index contributed by atoms with van der Waals surface area (Å²) in [7, 11) is 0. The first-order valence-electron chi connectivity index (χ1n) is 16.2. The lowest BCUT2D eigenvalue weighted by Gasteiger charge is -2.35. The van der Waals surface area contributed by atoms with Gasteiger partial charge in [0.25, 0.3) is 0 Å². The molecule has 1 N–H and O–H groups in total. The number of esters is 1. The molecule has 4 aromatic rings. The van der Waals surface area contributed by atoms with Gasteiger partial charge >= 0.3 is 5.97 Å². The van der Waals surface area contributed by atoms with E-state index in [1.54, 1.807) is 0 Å². The quantitative estimate of drug-likeness (QED) is 0.152. The fourth-order valence-corrected chi connectivity index (χ4v) is 5.97. The third-order valence-corrected chi connectivity index (χ3v) is 8.43. The number of hydrogen-bond donors (Lipinski definition) is 1. The monoisotopic (exact) mass is 617 g/mol. The summed E-state index contributed by atoms with van der Waals surface area (Å²) in [6, 6.07) is 37.5. The Morgan fingerprint density at radius 1 is 0.652 bits per heavy atom. The Morgan fingerprint density at radius 3 is 1.74 bits per heavy atom. The standard InChI is InChI=1S/C40H43NO5/c42-24-25-45-38-22-20-34(21-23-38)29-41-37(28-33-16-8-3-9-17-33)30-46-40(44)36(27-32-14-6-2-7-15-32)19-11-10-18-35(39(41)43)26-31-12-4-1-5-13-31/h1-17,20-23,35-37,42H,18-19,24-30H2. The smallest absolute Gasteiger partial charge is 0.309 e. The molecule has 1 aliphatic heterocycles. The van der Waals surface area contributed by atoms with Gasteiger partial charge in [0.1, 0.15) is 19.0 Å². The van der Waals surface area contributed by atoms with Crippen molar-refractivity contribution in [3.05, 3.63) is 150 Å². The highest BCUT2D eigenvalue weighted by atomic mass is 16.5. The van der Waals surface area contributed by atoms with Crippen LogP contribution < -0.4 is 4.74 Å². The van der Waals surface area contributed by atoms with Gasteiger partial charge in [0, 0.05) is 12.5 Å². The van der Waals surface area contributed by atoms with Crippen LogP contribution in [0.5, 0.6) is 5.75 Å². The van der Waals surface area contributed by atoms with Crippen LogP contribution in [0.2, 0.25) is 0 Å². The zero-order chi connectivity index (χ0) is 32.0. The van der Waals surface area contributed by atoms with E-state index in [0.717, 1.165) is 22.3 Å². The van der Waals surface area contributed by atoms with Crippen molar-refractivity contribution in [2.24, 2.45) is 11.8 Å². The highest BCUT2D eigenvalue weighted by Gasteiger charge is 2.32. The van der Waals surface area contributed by atoms with Crippen LogP contribution >= 0.6 is 0 Å². The lowest BCUT2D eigenvalue weighted by Crippen LogP contribution is -2.47. The molecule has 0 aliphatic carbocycles. The van der Waals surface area contributed by atoms with Crippen molar-refractivity contribution in [1.82, 2.24) is 4.90 Å². The fourth-order valence-electron chi connectivity index (χ4n) is 5.97. The lowest BCUT2D eigenvalue weighted by molar-refractivity contribution is -0.153. The number of allylic oxidation sites excluding steroid dienone is 2. The molecule has 4 aromatic carbocycles. The van der Waals surface area contributed by atoms with Crippen LogP contribution in [0.3, 0.4) is 0 Å².